The van der Waals surface area contributed by atoms with Crippen LogP contribution in [-0.2, 0) is 19.0 Å². The first-order valence-electron chi connectivity index (χ1n) is 7.14. The Bertz CT molecular complexity index is 285. The van der Waals surface area contributed by atoms with Crippen LogP contribution in [0.5, 0.6) is 0 Å². The minimum atomic E-state index is -0.570. The van der Waals surface area contributed by atoms with Gasteiger partial charge in [0, 0.05) is 13.0 Å². The molecule has 1 aliphatic rings. The van der Waals surface area contributed by atoms with E-state index in [9.17, 15) is 4.79 Å². The molecule has 1 fully saturated rings. The zero-order valence-corrected chi connectivity index (χ0v) is 12.5. The van der Waals surface area contributed by atoms with Crippen molar-refractivity contribution in [3.8, 4) is 0 Å². The van der Waals surface area contributed by atoms with Crippen molar-refractivity contribution in [2.75, 3.05) is 26.9 Å². The van der Waals surface area contributed by atoms with Gasteiger partial charge >= 0.3 is 5.97 Å². The van der Waals surface area contributed by atoms with Crippen molar-refractivity contribution < 1.29 is 19.0 Å². The lowest BCUT2D eigenvalue weighted by Gasteiger charge is -2.27. The molecule has 0 heterocycles. The number of nitrogens with one attached hydrogen (secondary N) is 1. The van der Waals surface area contributed by atoms with Crippen LogP contribution in [0.4, 0.5) is 0 Å². The van der Waals surface area contributed by atoms with Crippen molar-refractivity contribution in [1.29, 1.82) is 0 Å². The summed E-state index contributed by atoms with van der Waals surface area (Å²) in [5.74, 6) is -0.182. The second-order valence-electron chi connectivity index (χ2n) is 5.07. The highest BCUT2D eigenvalue weighted by Gasteiger charge is 2.46. The van der Waals surface area contributed by atoms with Gasteiger partial charge in [-0.1, -0.05) is 6.92 Å². The highest BCUT2D eigenvalue weighted by atomic mass is 16.5. The van der Waals surface area contributed by atoms with Crippen LogP contribution in [0.15, 0.2) is 0 Å². The van der Waals surface area contributed by atoms with E-state index in [1.54, 1.807) is 0 Å². The van der Waals surface area contributed by atoms with Gasteiger partial charge in [-0.3, -0.25) is 4.79 Å². The SMILES string of the molecule is CCNC1(C(=O)OC)CCC(OC(C)COCC)C1. The fraction of sp³-hybridized carbons (Fsp3) is 0.929. The fourth-order valence-corrected chi connectivity index (χ4v) is 2.72. The van der Waals surface area contributed by atoms with E-state index in [1.807, 2.05) is 20.8 Å². The summed E-state index contributed by atoms with van der Waals surface area (Å²) >= 11 is 0. The molecule has 0 aromatic carbocycles. The first kappa shape index (κ1) is 16.4. The number of esters is 1. The van der Waals surface area contributed by atoms with Crippen LogP contribution in [0.3, 0.4) is 0 Å². The Labute approximate surface area is 116 Å². The molecule has 5 nitrogen and oxygen atoms in total. The fourth-order valence-electron chi connectivity index (χ4n) is 2.72. The second kappa shape index (κ2) is 7.82. The average Bonchev–Trinajstić information content (AvgIpc) is 2.80. The summed E-state index contributed by atoms with van der Waals surface area (Å²) in [4.78, 5) is 12.0. The van der Waals surface area contributed by atoms with Gasteiger partial charge in [0.2, 0.25) is 0 Å². The van der Waals surface area contributed by atoms with Gasteiger partial charge in [0.05, 0.1) is 25.9 Å². The van der Waals surface area contributed by atoms with Gasteiger partial charge in [-0.05, 0) is 33.2 Å². The molecule has 0 bridgehead atoms. The maximum absolute atomic E-state index is 12.0. The van der Waals surface area contributed by atoms with E-state index in [2.05, 4.69) is 5.32 Å². The molecule has 1 saturated carbocycles. The van der Waals surface area contributed by atoms with Crippen LogP contribution in [0.2, 0.25) is 0 Å². The molecular formula is C14H27NO4. The van der Waals surface area contributed by atoms with Crippen molar-refractivity contribution in [3.05, 3.63) is 0 Å². The number of hydrogen-bond donors (Lipinski definition) is 1. The van der Waals surface area contributed by atoms with E-state index < -0.39 is 5.54 Å². The number of rotatable bonds is 8. The van der Waals surface area contributed by atoms with Gasteiger partial charge < -0.3 is 19.5 Å². The van der Waals surface area contributed by atoms with E-state index >= 15 is 0 Å². The quantitative estimate of drug-likeness (QED) is 0.679. The molecule has 0 radical (unpaired) electrons. The summed E-state index contributed by atoms with van der Waals surface area (Å²) in [6.07, 6.45) is 2.45. The van der Waals surface area contributed by atoms with Crippen molar-refractivity contribution in [1.82, 2.24) is 5.32 Å². The first-order chi connectivity index (χ1) is 9.07. The highest BCUT2D eigenvalue weighted by molar-refractivity contribution is 5.81. The Morgan fingerprint density at radius 1 is 1.47 bits per heavy atom. The van der Waals surface area contributed by atoms with Crippen LogP contribution < -0.4 is 5.32 Å². The van der Waals surface area contributed by atoms with Gasteiger partial charge in [-0.2, -0.15) is 0 Å². The number of methoxy groups -OCH3 is 1. The van der Waals surface area contributed by atoms with Gasteiger partial charge in [0.15, 0.2) is 0 Å². The lowest BCUT2D eigenvalue weighted by Crippen LogP contribution is -2.51. The van der Waals surface area contributed by atoms with Crippen LogP contribution in [0, 0.1) is 0 Å². The first-order valence-corrected chi connectivity index (χ1v) is 7.14. The Kier molecular flexibility index (Phi) is 6.75. The largest absolute Gasteiger partial charge is 0.468 e. The molecule has 19 heavy (non-hydrogen) atoms. The van der Waals surface area contributed by atoms with Crippen LogP contribution in [-0.4, -0.2) is 50.6 Å². The zero-order valence-electron chi connectivity index (χ0n) is 12.5. The average molecular weight is 273 g/mol. The van der Waals surface area contributed by atoms with E-state index in [1.165, 1.54) is 7.11 Å². The predicted molar refractivity (Wildman–Crippen MR) is 73.1 cm³/mol. The van der Waals surface area contributed by atoms with Gasteiger partial charge in [-0.25, -0.2) is 0 Å². The molecule has 3 atom stereocenters. The monoisotopic (exact) mass is 273 g/mol. The third-order valence-corrected chi connectivity index (χ3v) is 3.54. The smallest absolute Gasteiger partial charge is 0.326 e. The number of carbonyl (C=O) groups is 1. The van der Waals surface area contributed by atoms with E-state index in [0.29, 0.717) is 19.6 Å². The molecule has 3 unspecified atom stereocenters. The molecule has 112 valence electrons. The van der Waals surface area contributed by atoms with Crippen molar-refractivity contribution in [2.45, 2.75) is 57.8 Å². The lowest BCUT2D eigenvalue weighted by molar-refractivity contribution is -0.149. The minimum Gasteiger partial charge on any atom is -0.468 e. The molecule has 0 spiro atoms. The molecule has 0 aromatic heterocycles. The van der Waals surface area contributed by atoms with E-state index in [-0.39, 0.29) is 18.2 Å². The summed E-state index contributed by atoms with van der Waals surface area (Å²) in [6.45, 7) is 8.00. The summed E-state index contributed by atoms with van der Waals surface area (Å²) in [6, 6.07) is 0. The highest BCUT2D eigenvalue weighted by Crippen LogP contribution is 2.33. The summed E-state index contributed by atoms with van der Waals surface area (Å²) in [5, 5.41) is 3.27. The molecule has 1 aliphatic carbocycles. The molecule has 0 aliphatic heterocycles. The topological polar surface area (TPSA) is 56.8 Å². The molecule has 5 heteroatoms. The normalized spacial score (nSPS) is 28.3. The number of likely N-dealkylation sites (N-methyl/N-ethyl adjacent to an activating group) is 1. The van der Waals surface area contributed by atoms with Gasteiger partial charge in [-0.15, -0.1) is 0 Å². The summed E-state index contributed by atoms with van der Waals surface area (Å²) in [7, 11) is 1.44. The Hall–Kier alpha value is -0.650. The Morgan fingerprint density at radius 2 is 2.21 bits per heavy atom. The maximum atomic E-state index is 12.0. The number of hydrogen-bond acceptors (Lipinski definition) is 5. The van der Waals surface area contributed by atoms with E-state index in [0.717, 1.165) is 19.4 Å². The van der Waals surface area contributed by atoms with Gasteiger partial charge in [0.25, 0.3) is 0 Å². The van der Waals surface area contributed by atoms with Crippen LogP contribution in [0.1, 0.15) is 40.0 Å². The van der Waals surface area contributed by atoms with Crippen molar-refractivity contribution in [3.63, 3.8) is 0 Å². The lowest BCUT2D eigenvalue weighted by atomic mass is 9.97. The van der Waals surface area contributed by atoms with Crippen LogP contribution >= 0.6 is 0 Å². The molecule has 1 N–H and O–H groups in total. The molecule has 0 amide bonds. The molecule has 0 aromatic rings. The maximum Gasteiger partial charge on any atom is 0.326 e. The minimum absolute atomic E-state index is 0.0556. The van der Waals surface area contributed by atoms with E-state index in [4.69, 9.17) is 14.2 Å². The third kappa shape index (κ3) is 4.44. The Balaban J connectivity index is 2.51. The summed E-state index contributed by atoms with van der Waals surface area (Å²) in [5.41, 5.74) is -0.570. The van der Waals surface area contributed by atoms with Gasteiger partial charge in [0.1, 0.15) is 5.54 Å². The third-order valence-electron chi connectivity index (χ3n) is 3.54. The number of ether oxygens (including phenoxy) is 3. The molecule has 1 rings (SSSR count). The number of carbonyl (C=O) groups excluding carboxylic acids is 1. The zero-order chi connectivity index (χ0) is 14.3. The Morgan fingerprint density at radius 3 is 2.79 bits per heavy atom. The molecular weight excluding hydrogens is 246 g/mol. The molecule has 0 saturated heterocycles. The second-order valence-corrected chi connectivity index (χ2v) is 5.07. The van der Waals surface area contributed by atoms with Crippen LogP contribution in [0.25, 0.3) is 0 Å². The predicted octanol–water partition coefficient (Wildman–Crippen LogP) is 1.50. The standard InChI is InChI=1S/C14H27NO4/c1-5-15-14(13(16)17-4)8-7-12(9-14)19-11(3)10-18-6-2/h11-12,15H,5-10H2,1-4H3. The summed E-state index contributed by atoms with van der Waals surface area (Å²) < 4.78 is 16.2. The van der Waals surface area contributed by atoms with Crippen molar-refractivity contribution in [2.24, 2.45) is 0 Å². The van der Waals surface area contributed by atoms with Crippen molar-refractivity contribution >= 4 is 5.97 Å².